The predicted molar refractivity (Wildman–Crippen MR) is 60.5 cm³/mol. The van der Waals surface area contributed by atoms with Crippen LogP contribution in [0.25, 0.3) is 0 Å². The average Bonchev–Trinajstić information content (AvgIpc) is 2.25. The Labute approximate surface area is 96.7 Å². The number of hydrogen-bond donors (Lipinski definition) is 1. The van der Waals surface area contributed by atoms with Crippen molar-refractivity contribution in [2.75, 3.05) is 6.54 Å². The van der Waals surface area contributed by atoms with Gasteiger partial charge in [0.1, 0.15) is 0 Å². The van der Waals surface area contributed by atoms with Gasteiger partial charge >= 0.3 is 0 Å². The Balaban J connectivity index is 3.31. The highest BCUT2D eigenvalue weighted by Crippen LogP contribution is 2.03. The molecule has 0 bridgehead atoms. The molecular formula is C12H20NO3-. The monoisotopic (exact) mass is 226 g/mol. The highest BCUT2D eigenvalue weighted by atomic mass is 16.4. The molecule has 0 rings (SSSR count). The highest BCUT2D eigenvalue weighted by molar-refractivity contribution is 5.93. The van der Waals surface area contributed by atoms with E-state index in [1.807, 2.05) is 0 Å². The van der Waals surface area contributed by atoms with Crippen LogP contribution >= 0.6 is 0 Å². The molecule has 0 unspecified atom stereocenters. The minimum Gasteiger partial charge on any atom is -0.545 e. The second kappa shape index (κ2) is 10.2. The summed E-state index contributed by atoms with van der Waals surface area (Å²) >= 11 is 0. The van der Waals surface area contributed by atoms with Crippen molar-refractivity contribution in [1.82, 2.24) is 5.32 Å². The van der Waals surface area contributed by atoms with Crippen LogP contribution < -0.4 is 10.4 Å². The van der Waals surface area contributed by atoms with Crippen LogP contribution in [0, 0.1) is 0 Å². The summed E-state index contributed by atoms with van der Waals surface area (Å²) in [4.78, 5) is 21.0. The number of unbranched alkanes of at least 4 members (excludes halogenated alkanes) is 5. The van der Waals surface area contributed by atoms with E-state index in [4.69, 9.17) is 0 Å². The van der Waals surface area contributed by atoms with Crippen molar-refractivity contribution in [3.05, 3.63) is 12.2 Å². The number of amides is 1. The first kappa shape index (κ1) is 14.7. The molecular weight excluding hydrogens is 206 g/mol. The van der Waals surface area contributed by atoms with Crippen LogP contribution in [0.4, 0.5) is 0 Å². The lowest BCUT2D eigenvalue weighted by atomic mass is 10.1. The normalized spacial score (nSPS) is 10.6. The zero-order valence-corrected chi connectivity index (χ0v) is 9.83. The Morgan fingerprint density at radius 1 is 1.06 bits per heavy atom. The third-order valence-electron chi connectivity index (χ3n) is 2.20. The predicted octanol–water partition coefficient (Wildman–Crippen LogP) is 0.769. The molecule has 16 heavy (non-hydrogen) atoms. The average molecular weight is 226 g/mol. The Kier molecular flexibility index (Phi) is 9.36. The third-order valence-corrected chi connectivity index (χ3v) is 2.20. The van der Waals surface area contributed by atoms with E-state index in [1.165, 1.54) is 25.7 Å². The fourth-order valence-electron chi connectivity index (χ4n) is 1.32. The summed E-state index contributed by atoms with van der Waals surface area (Å²) < 4.78 is 0. The van der Waals surface area contributed by atoms with Gasteiger partial charge in [0.15, 0.2) is 0 Å². The van der Waals surface area contributed by atoms with Gasteiger partial charge in [-0.2, -0.15) is 0 Å². The van der Waals surface area contributed by atoms with Crippen LogP contribution in [0.1, 0.15) is 45.4 Å². The van der Waals surface area contributed by atoms with Crippen molar-refractivity contribution in [2.45, 2.75) is 45.4 Å². The van der Waals surface area contributed by atoms with Gasteiger partial charge < -0.3 is 15.2 Å². The van der Waals surface area contributed by atoms with Crippen molar-refractivity contribution >= 4 is 11.9 Å². The van der Waals surface area contributed by atoms with Crippen molar-refractivity contribution in [3.8, 4) is 0 Å². The maximum Gasteiger partial charge on any atom is 0.244 e. The van der Waals surface area contributed by atoms with Crippen LogP contribution in [0.5, 0.6) is 0 Å². The van der Waals surface area contributed by atoms with Gasteiger partial charge in [0, 0.05) is 12.6 Å². The molecule has 0 aliphatic heterocycles. The van der Waals surface area contributed by atoms with Gasteiger partial charge in [-0.05, 0) is 12.5 Å². The molecule has 1 amide bonds. The Hall–Kier alpha value is -1.32. The zero-order valence-electron chi connectivity index (χ0n) is 9.83. The molecule has 1 N–H and O–H groups in total. The molecule has 92 valence electrons. The molecule has 0 aromatic carbocycles. The van der Waals surface area contributed by atoms with Gasteiger partial charge in [-0.15, -0.1) is 0 Å². The van der Waals surface area contributed by atoms with Crippen LogP contribution in [0.2, 0.25) is 0 Å². The minimum absolute atomic E-state index is 0.377. The van der Waals surface area contributed by atoms with Crippen LogP contribution in [0.15, 0.2) is 12.2 Å². The molecule has 4 heteroatoms. The first-order valence-corrected chi connectivity index (χ1v) is 5.83. The summed E-state index contributed by atoms with van der Waals surface area (Å²) in [6.45, 7) is 2.77. The lowest BCUT2D eigenvalue weighted by Crippen LogP contribution is -2.24. The summed E-state index contributed by atoms with van der Waals surface area (Å²) in [6.07, 6.45) is 8.68. The lowest BCUT2D eigenvalue weighted by Gasteiger charge is -2.02. The lowest BCUT2D eigenvalue weighted by molar-refractivity contribution is -0.297. The van der Waals surface area contributed by atoms with E-state index in [0.717, 1.165) is 25.0 Å². The van der Waals surface area contributed by atoms with E-state index < -0.39 is 5.97 Å². The number of aliphatic carboxylic acids is 1. The number of hydrogen-bond acceptors (Lipinski definition) is 3. The van der Waals surface area contributed by atoms with E-state index in [-0.39, 0.29) is 5.91 Å². The van der Waals surface area contributed by atoms with Crippen LogP contribution in [0.3, 0.4) is 0 Å². The summed E-state index contributed by atoms with van der Waals surface area (Å²) in [7, 11) is 0. The van der Waals surface area contributed by atoms with Gasteiger partial charge in [-0.25, -0.2) is 0 Å². The van der Waals surface area contributed by atoms with E-state index >= 15 is 0 Å². The molecule has 0 radical (unpaired) electrons. The second-order valence-corrected chi connectivity index (χ2v) is 3.71. The van der Waals surface area contributed by atoms with Crippen molar-refractivity contribution in [3.63, 3.8) is 0 Å². The molecule has 0 saturated heterocycles. The Bertz CT molecular complexity index is 236. The van der Waals surface area contributed by atoms with Crippen molar-refractivity contribution < 1.29 is 14.7 Å². The quantitative estimate of drug-likeness (QED) is 0.466. The molecule has 0 heterocycles. The van der Waals surface area contributed by atoms with E-state index in [2.05, 4.69) is 12.2 Å². The summed E-state index contributed by atoms with van der Waals surface area (Å²) in [6, 6.07) is 0. The molecule has 0 spiro atoms. The number of carboxylic acids is 1. The fraction of sp³-hybridized carbons (Fsp3) is 0.667. The number of nitrogens with one attached hydrogen (secondary N) is 1. The number of carbonyl (C=O) groups is 2. The number of carbonyl (C=O) groups excluding carboxylic acids is 2. The molecule has 0 fully saturated rings. The molecule has 0 saturated carbocycles. The molecule has 0 aromatic heterocycles. The zero-order chi connectivity index (χ0) is 12.2. The smallest absolute Gasteiger partial charge is 0.244 e. The Morgan fingerprint density at radius 3 is 2.31 bits per heavy atom. The Morgan fingerprint density at radius 2 is 1.69 bits per heavy atom. The van der Waals surface area contributed by atoms with Gasteiger partial charge in [-0.1, -0.05) is 39.0 Å². The van der Waals surface area contributed by atoms with Crippen molar-refractivity contribution in [1.29, 1.82) is 0 Å². The van der Waals surface area contributed by atoms with Gasteiger partial charge in [0.25, 0.3) is 0 Å². The topological polar surface area (TPSA) is 69.2 Å². The molecule has 0 atom stereocenters. The summed E-state index contributed by atoms with van der Waals surface area (Å²) in [5.41, 5.74) is 0. The van der Waals surface area contributed by atoms with Crippen LogP contribution in [-0.4, -0.2) is 18.4 Å². The summed E-state index contributed by atoms with van der Waals surface area (Å²) in [5, 5.41) is 12.6. The highest BCUT2D eigenvalue weighted by Gasteiger charge is 1.94. The van der Waals surface area contributed by atoms with Gasteiger partial charge in [0.2, 0.25) is 5.91 Å². The van der Waals surface area contributed by atoms with Crippen molar-refractivity contribution in [2.24, 2.45) is 0 Å². The molecule has 4 nitrogen and oxygen atoms in total. The fourth-order valence-corrected chi connectivity index (χ4v) is 1.32. The minimum atomic E-state index is -1.35. The third kappa shape index (κ3) is 10.8. The molecule has 0 aliphatic rings. The maximum absolute atomic E-state index is 11.0. The standard InChI is InChI=1S/C12H21NO3/c1-2-3-4-5-6-7-10-13-11(14)8-9-12(15)16/h8-9H,2-7,10H2,1H3,(H,13,14)(H,15,16)/p-1. The summed E-state index contributed by atoms with van der Waals surface area (Å²) in [5.74, 6) is -1.73. The largest absolute Gasteiger partial charge is 0.545 e. The van der Waals surface area contributed by atoms with Crippen LogP contribution in [-0.2, 0) is 9.59 Å². The number of carboxylic acid groups (broad SMARTS) is 1. The van der Waals surface area contributed by atoms with E-state index in [9.17, 15) is 14.7 Å². The molecule has 0 aromatic rings. The van der Waals surface area contributed by atoms with Gasteiger partial charge in [-0.3, -0.25) is 4.79 Å². The first-order valence-electron chi connectivity index (χ1n) is 5.83. The number of rotatable bonds is 9. The second-order valence-electron chi connectivity index (χ2n) is 3.71. The van der Waals surface area contributed by atoms with E-state index in [1.54, 1.807) is 0 Å². The first-order chi connectivity index (χ1) is 7.66. The maximum atomic E-state index is 11.0. The van der Waals surface area contributed by atoms with E-state index in [0.29, 0.717) is 6.54 Å². The molecule has 0 aliphatic carbocycles. The van der Waals surface area contributed by atoms with Gasteiger partial charge in [0.05, 0.1) is 5.97 Å². The SMILES string of the molecule is CCCCCCCCNC(=O)C=CC(=O)[O-].